The van der Waals surface area contributed by atoms with E-state index in [0.717, 1.165) is 25.2 Å². The summed E-state index contributed by atoms with van der Waals surface area (Å²) in [7, 11) is 0. The van der Waals surface area contributed by atoms with E-state index in [9.17, 15) is 4.79 Å². The number of fused-ring (bicyclic) bond motifs is 1. The molecule has 5 heteroatoms. The van der Waals surface area contributed by atoms with Gasteiger partial charge in [0.25, 0.3) is 0 Å². The molecule has 1 aromatic heterocycles. The highest BCUT2D eigenvalue weighted by molar-refractivity contribution is 5.91. The quantitative estimate of drug-likeness (QED) is 0.250. The number of benzene rings is 3. The molecule has 3 N–H and O–H groups in total. The van der Waals surface area contributed by atoms with E-state index in [1.165, 1.54) is 46.1 Å². The standard InChI is InChI=1S/C29H31N3O2/c33-27(31-34)17-16-21-12-14-22(15-13-21)19-32-18-6-9-24(20-32)28-25-10-4-5-11-26(25)30-29(28)23-7-2-1-3-8-23/h1-5,7-8,10-15,24,30,34H,6,9,16-20H2,(H,31,33). The highest BCUT2D eigenvalue weighted by atomic mass is 16.5. The van der Waals surface area contributed by atoms with Gasteiger partial charge in [0.1, 0.15) is 0 Å². The fourth-order valence-corrected chi connectivity index (χ4v) is 5.24. The highest BCUT2D eigenvalue weighted by Gasteiger charge is 2.26. The third-order valence-corrected chi connectivity index (χ3v) is 6.92. The minimum atomic E-state index is -0.351. The van der Waals surface area contributed by atoms with Crippen LogP contribution in [0, 0.1) is 0 Å². The maximum atomic E-state index is 11.3. The molecular weight excluding hydrogens is 422 g/mol. The van der Waals surface area contributed by atoms with Crippen LogP contribution in [-0.2, 0) is 17.8 Å². The van der Waals surface area contributed by atoms with Crippen molar-refractivity contribution in [2.45, 2.75) is 38.1 Å². The van der Waals surface area contributed by atoms with Gasteiger partial charge < -0.3 is 4.98 Å². The van der Waals surface area contributed by atoms with Gasteiger partial charge in [-0.25, -0.2) is 5.48 Å². The van der Waals surface area contributed by atoms with Crippen LogP contribution in [0.4, 0.5) is 0 Å². The molecule has 1 fully saturated rings. The van der Waals surface area contributed by atoms with Gasteiger partial charge >= 0.3 is 0 Å². The number of carbonyl (C=O) groups excluding carboxylic acids is 1. The summed E-state index contributed by atoms with van der Waals surface area (Å²) in [5, 5.41) is 10.00. The number of hydrogen-bond donors (Lipinski definition) is 3. The number of aryl methyl sites for hydroxylation is 1. The molecule has 1 saturated heterocycles. The number of hydroxylamine groups is 1. The SMILES string of the molecule is O=C(CCc1ccc(CN2CCCC(c3c(-c4ccccc4)[nH]c4ccccc34)C2)cc1)NO. The molecule has 1 atom stereocenters. The zero-order valence-corrected chi connectivity index (χ0v) is 19.3. The van der Waals surface area contributed by atoms with Crippen molar-refractivity contribution in [3.63, 3.8) is 0 Å². The molecule has 1 aliphatic heterocycles. The normalized spacial score (nSPS) is 16.6. The molecule has 3 aromatic carbocycles. The van der Waals surface area contributed by atoms with Gasteiger partial charge in [-0.3, -0.25) is 14.9 Å². The van der Waals surface area contributed by atoms with Gasteiger partial charge in [-0.05, 0) is 60.0 Å². The van der Waals surface area contributed by atoms with Crippen LogP contribution in [0.1, 0.15) is 41.9 Å². The second kappa shape index (κ2) is 10.2. The molecule has 1 amide bonds. The molecule has 1 aliphatic rings. The Labute approximate surface area is 200 Å². The molecule has 34 heavy (non-hydrogen) atoms. The van der Waals surface area contributed by atoms with E-state index in [1.807, 2.05) is 0 Å². The largest absolute Gasteiger partial charge is 0.354 e. The molecule has 0 aliphatic carbocycles. The Hall–Kier alpha value is -3.41. The van der Waals surface area contributed by atoms with Gasteiger partial charge in [-0.15, -0.1) is 0 Å². The van der Waals surface area contributed by atoms with Crippen LogP contribution in [-0.4, -0.2) is 34.1 Å². The Morgan fingerprint density at radius 2 is 1.71 bits per heavy atom. The molecule has 0 spiro atoms. The maximum absolute atomic E-state index is 11.3. The minimum Gasteiger partial charge on any atom is -0.354 e. The van der Waals surface area contributed by atoms with Crippen LogP contribution in [0.3, 0.4) is 0 Å². The Morgan fingerprint density at radius 1 is 0.971 bits per heavy atom. The summed E-state index contributed by atoms with van der Waals surface area (Å²) in [5.41, 5.74) is 9.25. The molecule has 2 heterocycles. The number of nitrogens with one attached hydrogen (secondary N) is 2. The van der Waals surface area contributed by atoms with E-state index in [0.29, 0.717) is 12.3 Å². The zero-order valence-electron chi connectivity index (χ0n) is 19.3. The van der Waals surface area contributed by atoms with Crippen molar-refractivity contribution in [2.75, 3.05) is 13.1 Å². The first-order valence-electron chi connectivity index (χ1n) is 12.1. The number of aromatic amines is 1. The summed E-state index contributed by atoms with van der Waals surface area (Å²) in [6.45, 7) is 3.08. The van der Waals surface area contributed by atoms with E-state index >= 15 is 0 Å². The van der Waals surface area contributed by atoms with Crippen molar-refractivity contribution < 1.29 is 10.0 Å². The Morgan fingerprint density at radius 3 is 2.50 bits per heavy atom. The second-order valence-corrected chi connectivity index (χ2v) is 9.25. The number of aromatic nitrogens is 1. The maximum Gasteiger partial charge on any atom is 0.243 e. The summed E-state index contributed by atoms with van der Waals surface area (Å²) in [4.78, 5) is 17.5. The Balaban J connectivity index is 1.34. The van der Waals surface area contributed by atoms with Crippen LogP contribution in [0.5, 0.6) is 0 Å². The fourth-order valence-electron chi connectivity index (χ4n) is 5.24. The Bertz CT molecular complexity index is 1250. The van der Waals surface area contributed by atoms with Crippen molar-refractivity contribution in [3.8, 4) is 11.3 Å². The monoisotopic (exact) mass is 453 g/mol. The zero-order chi connectivity index (χ0) is 23.3. The summed E-state index contributed by atoms with van der Waals surface area (Å²) in [6, 6.07) is 27.9. The van der Waals surface area contributed by atoms with Crippen LogP contribution < -0.4 is 5.48 Å². The van der Waals surface area contributed by atoms with Crippen molar-refractivity contribution in [3.05, 3.63) is 95.6 Å². The van der Waals surface area contributed by atoms with E-state index < -0.39 is 0 Å². The minimum absolute atomic E-state index is 0.290. The number of piperidine rings is 1. The second-order valence-electron chi connectivity index (χ2n) is 9.25. The van der Waals surface area contributed by atoms with Gasteiger partial charge in [-0.1, -0.05) is 72.8 Å². The molecular formula is C29H31N3O2. The highest BCUT2D eigenvalue weighted by Crippen LogP contribution is 2.39. The van der Waals surface area contributed by atoms with Gasteiger partial charge in [0.15, 0.2) is 0 Å². The average molecular weight is 454 g/mol. The fraction of sp³-hybridized carbons (Fsp3) is 0.276. The average Bonchev–Trinajstić information content (AvgIpc) is 3.28. The topological polar surface area (TPSA) is 68.4 Å². The van der Waals surface area contributed by atoms with E-state index in [-0.39, 0.29) is 12.3 Å². The lowest BCUT2D eigenvalue weighted by Crippen LogP contribution is -2.34. The first-order chi connectivity index (χ1) is 16.7. The number of nitrogens with zero attached hydrogens (tertiary/aromatic N) is 1. The van der Waals surface area contributed by atoms with Gasteiger partial charge in [0, 0.05) is 30.4 Å². The van der Waals surface area contributed by atoms with Crippen molar-refractivity contribution in [1.29, 1.82) is 0 Å². The summed E-state index contributed by atoms with van der Waals surface area (Å²) < 4.78 is 0. The predicted octanol–water partition coefficient (Wildman–Crippen LogP) is 5.65. The summed E-state index contributed by atoms with van der Waals surface area (Å²) in [5.74, 6) is 0.131. The third kappa shape index (κ3) is 4.91. The molecule has 5 nitrogen and oxygen atoms in total. The molecule has 4 aromatic rings. The smallest absolute Gasteiger partial charge is 0.243 e. The molecule has 0 bridgehead atoms. The number of amides is 1. The summed E-state index contributed by atoms with van der Waals surface area (Å²) >= 11 is 0. The molecule has 5 rings (SSSR count). The third-order valence-electron chi connectivity index (χ3n) is 6.92. The number of para-hydroxylation sites is 1. The van der Waals surface area contributed by atoms with E-state index in [4.69, 9.17) is 5.21 Å². The van der Waals surface area contributed by atoms with E-state index in [2.05, 4.69) is 88.7 Å². The number of hydrogen-bond acceptors (Lipinski definition) is 3. The van der Waals surface area contributed by atoms with Crippen molar-refractivity contribution in [1.82, 2.24) is 15.4 Å². The van der Waals surface area contributed by atoms with Crippen LogP contribution in [0.25, 0.3) is 22.2 Å². The lowest BCUT2D eigenvalue weighted by atomic mass is 9.87. The molecule has 1 unspecified atom stereocenters. The van der Waals surface area contributed by atoms with Gasteiger partial charge in [-0.2, -0.15) is 0 Å². The lowest BCUT2D eigenvalue weighted by molar-refractivity contribution is -0.129. The Kier molecular flexibility index (Phi) is 6.74. The van der Waals surface area contributed by atoms with Crippen LogP contribution in [0.15, 0.2) is 78.9 Å². The van der Waals surface area contributed by atoms with E-state index in [1.54, 1.807) is 5.48 Å². The van der Waals surface area contributed by atoms with Crippen LogP contribution in [0.2, 0.25) is 0 Å². The molecule has 0 radical (unpaired) electrons. The number of H-pyrrole nitrogens is 1. The van der Waals surface area contributed by atoms with Gasteiger partial charge in [0.05, 0.1) is 5.69 Å². The first kappa shape index (κ1) is 22.4. The predicted molar refractivity (Wildman–Crippen MR) is 136 cm³/mol. The van der Waals surface area contributed by atoms with Crippen molar-refractivity contribution in [2.24, 2.45) is 0 Å². The number of rotatable bonds is 7. The summed E-state index contributed by atoms with van der Waals surface area (Å²) in [6.07, 6.45) is 3.30. The van der Waals surface area contributed by atoms with Gasteiger partial charge in [0.2, 0.25) is 5.91 Å². The molecule has 0 saturated carbocycles. The number of likely N-dealkylation sites (tertiary alicyclic amines) is 1. The first-order valence-corrected chi connectivity index (χ1v) is 12.1. The molecule has 174 valence electrons. The number of carbonyl (C=O) groups is 1. The lowest BCUT2D eigenvalue weighted by Gasteiger charge is -2.33. The van der Waals surface area contributed by atoms with Crippen LogP contribution >= 0.6 is 0 Å². The van der Waals surface area contributed by atoms with Crippen molar-refractivity contribution >= 4 is 16.8 Å².